The summed E-state index contributed by atoms with van der Waals surface area (Å²) < 4.78 is 37.7. The van der Waals surface area contributed by atoms with Gasteiger partial charge < -0.3 is 4.74 Å². The maximum Gasteiger partial charge on any atom is 0.336 e. The first-order valence-electron chi connectivity index (χ1n) is 11.5. The van der Waals surface area contributed by atoms with E-state index in [1.807, 2.05) is 0 Å². The van der Waals surface area contributed by atoms with Gasteiger partial charge in [-0.25, -0.2) is 18.1 Å². The van der Waals surface area contributed by atoms with E-state index in [0.29, 0.717) is 22.2 Å². The zero-order valence-corrected chi connectivity index (χ0v) is 19.1. The summed E-state index contributed by atoms with van der Waals surface area (Å²) >= 11 is 0. The lowest BCUT2D eigenvalue weighted by molar-refractivity contribution is -0.00832. The predicted molar refractivity (Wildman–Crippen MR) is 127 cm³/mol. The van der Waals surface area contributed by atoms with Crippen LogP contribution >= 0.6 is 0 Å². The van der Waals surface area contributed by atoms with Gasteiger partial charge in [-0.3, -0.25) is 14.3 Å². The van der Waals surface area contributed by atoms with Crippen molar-refractivity contribution in [3.8, 4) is 11.4 Å². The molecule has 1 aliphatic carbocycles. The number of fused-ring (bicyclic) bond motifs is 3. The topological polar surface area (TPSA) is 66.1 Å². The van der Waals surface area contributed by atoms with Crippen molar-refractivity contribution in [1.82, 2.24) is 14.1 Å². The SMILES string of the molecule is CCC(F)(F)c1ccccc1-n1c(=O)c2cnc3c(OC)cccc3c2n(C2CCCC2)c1=O. The van der Waals surface area contributed by atoms with E-state index in [1.165, 1.54) is 38.4 Å². The van der Waals surface area contributed by atoms with E-state index in [-0.39, 0.29) is 22.7 Å². The van der Waals surface area contributed by atoms with Crippen molar-refractivity contribution in [2.75, 3.05) is 7.11 Å². The molecule has 34 heavy (non-hydrogen) atoms. The molecule has 4 aromatic rings. The van der Waals surface area contributed by atoms with E-state index >= 15 is 0 Å². The lowest BCUT2D eigenvalue weighted by Gasteiger charge is -2.23. The van der Waals surface area contributed by atoms with E-state index in [9.17, 15) is 18.4 Å². The fourth-order valence-corrected chi connectivity index (χ4v) is 5.06. The molecule has 1 aliphatic rings. The smallest absolute Gasteiger partial charge is 0.336 e. The minimum absolute atomic E-state index is 0.0938. The number of aromatic nitrogens is 3. The lowest BCUT2D eigenvalue weighted by Crippen LogP contribution is -2.41. The number of pyridine rings is 1. The van der Waals surface area contributed by atoms with Crippen LogP contribution in [0.3, 0.4) is 0 Å². The first-order chi connectivity index (χ1) is 16.4. The third kappa shape index (κ3) is 3.31. The highest BCUT2D eigenvalue weighted by Crippen LogP contribution is 2.36. The van der Waals surface area contributed by atoms with E-state index in [4.69, 9.17) is 4.74 Å². The largest absolute Gasteiger partial charge is 0.494 e. The first kappa shape index (κ1) is 22.3. The Hall–Kier alpha value is -3.55. The molecule has 0 spiro atoms. The van der Waals surface area contributed by atoms with Crippen LogP contribution in [0.1, 0.15) is 50.6 Å². The molecule has 0 saturated heterocycles. The molecule has 0 bridgehead atoms. The van der Waals surface area contributed by atoms with Gasteiger partial charge in [0.2, 0.25) is 0 Å². The van der Waals surface area contributed by atoms with Gasteiger partial charge in [0.1, 0.15) is 11.3 Å². The average Bonchev–Trinajstić information content (AvgIpc) is 3.38. The number of ether oxygens (including phenoxy) is 1. The molecule has 0 atom stereocenters. The summed E-state index contributed by atoms with van der Waals surface area (Å²) in [5.41, 5.74) is -0.696. The van der Waals surface area contributed by atoms with Crippen LogP contribution in [-0.2, 0) is 5.92 Å². The second-order valence-electron chi connectivity index (χ2n) is 8.68. The Labute approximate surface area is 194 Å². The molecule has 176 valence electrons. The summed E-state index contributed by atoms with van der Waals surface area (Å²) in [6.45, 7) is 1.38. The highest BCUT2D eigenvalue weighted by atomic mass is 19.3. The molecular formula is C26H25F2N3O3. The third-order valence-electron chi connectivity index (χ3n) is 6.80. The molecule has 0 radical (unpaired) electrons. The standard InChI is InChI=1S/C26H25F2N3O3/c1-3-26(27,28)19-12-6-7-13-20(19)31-24(32)18-15-29-22-17(11-8-14-21(22)34-2)23(18)30(25(31)33)16-9-4-5-10-16/h6-8,11-16H,3-5,9-10H2,1-2H3. The Morgan fingerprint density at radius 3 is 2.50 bits per heavy atom. The van der Waals surface area contributed by atoms with E-state index in [1.54, 1.807) is 28.8 Å². The van der Waals surface area contributed by atoms with Crippen molar-refractivity contribution < 1.29 is 13.5 Å². The van der Waals surface area contributed by atoms with E-state index in [0.717, 1.165) is 30.3 Å². The highest BCUT2D eigenvalue weighted by molar-refractivity contribution is 6.05. The van der Waals surface area contributed by atoms with Gasteiger partial charge in [-0.05, 0) is 25.0 Å². The number of benzene rings is 2. The number of alkyl halides is 2. The number of nitrogens with zero attached hydrogens (tertiary/aromatic N) is 3. The maximum absolute atomic E-state index is 14.9. The lowest BCUT2D eigenvalue weighted by atomic mass is 10.0. The molecule has 1 saturated carbocycles. The van der Waals surface area contributed by atoms with Crippen LogP contribution < -0.4 is 16.0 Å². The van der Waals surface area contributed by atoms with Crippen LogP contribution in [0.25, 0.3) is 27.5 Å². The zero-order chi connectivity index (χ0) is 24.0. The van der Waals surface area contributed by atoms with Crippen LogP contribution in [-0.4, -0.2) is 21.2 Å². The molecule has 2 aromatic heterocycles. The number of halogens is 2. The molecule has 6 nitrogen and oxygen atoms in total. The van der Waals surface area contributed by atoms with E-state index < -0.39 is 23.6 Å². The highest BCUT2D eigenvalue weighted by Gasteiger charge is 2.34. The van der Waals surface area contributed by atoms with Gasteiger partial charge in [-0.15, -0.1) is 0 Å². The summed E-state index contributed by atoms with van der Waals surface area (Å²) in [6, 6.07) is 11.0. The molecule has 1 fully saturated rings. The number of para-hydroxylation sites is 2. The molecule has 0 aliphatic heterocycles. The fraction of sp³-hybridized carbons (Fsp3) is 0.346. The van der Waals surface area contributed by atoms with Gasteiger partial charge in [0.15, 0.2) is 0 Å². The van der Waals surface area contributed by atoms with Gasteiger partial charge in [-0.1, -0.05) is 50.1 Å². The van der Waals surface area contributed by atoms with Crippen molar-refractivity contribution in [1.29, 1.82) is 0 Å². The molecule has 0 amide bonds. The molecular weight excluding hydrogens is 440 g/mol. The summed E-state index contributed by atoms with van der Waals surface area (Å²) in [4.78, 5) is 32.2. The number of rotatable bonds is 5. The Kier molecular flexibility index (Phi) is 5.46. The van der Waals surface area contributed by atoms with Crippen LogP contribution in [0.15, 0.2) is 58.3 Å². The Balaban J connectivity index is 1.96. The zero-order valence-electron chi connectivity index (χ0n) is 19.1. The summed E-state index contributed by atoms with van der Waals surface area (Å²) in [5, 5.41) is 0.833. The minimum Gasteiger partial charge on any atom is -0.494 e. The monoisotopic (exact) mass is 465 g/mol. The van der Waals surface area contributed by atoms with Crippen LogP contribution in [0.4, 0.5) is 8.78 Å². The van der Waals surface area contributed by atoms with Gasteiger partial charge in [-0.2, -0.15) is 0 Å². The average molecular weight is 466 g/mol. The Bertz CT molecular complexity index is 1520. The van der Waals surface area contributed by atoms with Crippen molar-refractivity contribution in [2.24, 2.45) is 0 Å². The van der Waals surface area contributed by atoms with Gasteiger partial charge >= 0.3 is 5.69 Å². The minimum atomic E-state index is -3.19. The molecule has 5 rings (SSSR count). The maximum atomic E-state index is 14.9. The second-order valence-corrected chi connectivity index (χ2v) is 8.68. The van der Waals surface area contributed by atoms with Crippen molar-refractivity contribution in [3.05, 3.63) is 75.1 Å². The normalized spacial score (nSPS) is 14.8. The number of methoxy groups -OCH3 is 1. The van der Waals surface area contributed by atoms with Gasteiger partial charge in [0.25, 0.3) is 11.5 Å². The third-order valence-corrected chi connectivity index (χ3v) is 6.80. The number of hydrogen-bond acceptors (Lipinski definition) is 4. The summed E-state index contributed by atoms with van der Waals surface area (Å²) in [6.07, 6.45) is 4.42. The van der Waals surface area contributed by atoms with Crippen molar-refractivity contribution in [2.45, 2.75) is 51.0 Å². The van der Waals surface area contributed by atoms with Crippen LogP contribution in [0.5, 0.6) is 5.75 Å². The van der Waals surface area contributed by atoms with Crippen molar-refractivity contribution >= 4 is 21.8 Å². The van der Waals surface area contributed by atoms with E-state index in [2.05, 4.69) is 4.98 Å². The molecule has 8 heteroatoms. The molecule has 0 N–H and O–H groups in total. The van der Waals surface area contributed by atoms with Crippen LogP contribution in [0.2, 0.25) is 0 Å². The quantitative estimate of drug-likeness (QED) is 0.374. The van der Waals surface area contributed by atoms with Gasteiger partial charge in [0, 0.05) is 29.6 Å². The van der Waals surface area contributed by atoms with Crippen molar-refractivity contribution in [3.63, 3.8) is 0 Å². The Morgan fingerprint density at radius 1 is 1.06 bits per heavy atom. The fourth-order valence-electron chi connectivity index (χ4n) is 5.06. The summed E-state index contributed by atoms with van der Waals surface area (Å²) in [5.74, 6) is -2.66. The first-order valence-corrected chi connectivity index (χ1v) is 11.5. The molecule has 2 aromatic carbocycles. The Morgan fingerprint density at radius 2 is 1.79 bits per heavy atom. The second kappa shape index (κ2) is 8.34. The predicted octanol–water partition coefficient (Wildman–Crippen LogP) is 5.33. The van der Waals surface area contributed by atoms with Crippen LogP contribution in [0, 0.1) is 0 Å². The number of hydrogen-bond donors (Lipinski definition) is 0. The van der Waals surface area contributed by atoms with Gasteiger partial charge in [0.05, 0.1) is 23.7 Å². The summed E-state index contributed by atoms with van der Waals surface area (Å²) in [7, 11) is 1.54. The molecule has 2 heterocycles. The molecule has 0 unspecified atom stereocenters.